The summed E-state index contributed by atoms with van der Waals surface area (Å²) in [6.07, 6.45) is 5.28. The number of hydrogen-bond donors (Lipinski definition) is 1. The van der Waals surface area contributed by atoms with Gasteiger partial charge in [0.15, 0.2) is 0 Å². The molecule has 1 N–H and O–H groups in total. The summed E-state index contributed by atoms with van der Waals surface area (Å²) in [6, 6.07) is 5.91. The molecule has 0 spiro atoms. The van der Waals surface area contributed by atoms with Crippen LogP contribution in [0.15, 0.2) is 18.2 Å². The summed E-state index contributed by atoms with van der Waals surface area (Å²) in [5, 5.41) is 2.87. The second kappa shape index (κ2) is 3.66. The van der Waals surface area contributed by atoms with Gasteiger partial charge in [0.25, 0.3) is 0 Å². The minimum Gasteiger partial charge on any atom is -0.349 e. The number of aryl methyl sites for hydroxylation is 1. The molecule has 2 rings (SSSR count). The number of para-hydroxylation sites is 1. The van der Waals surface area contributed by atoms with Gasteiger partial charge in [-0.05, 0) is 18.6 Å². The van der Waals surface area contributed by atoms with Gasteiger partial charge in [0, 0.05) is 0 Å². The van der Waals surface area contributed by atoms with Crippen molar-refractivity contribution in [1.82, 2.24) is 0 Å². The Labute approximate surface area is 89.1 Å². The largest absolute Gasteiger partial charge is 0.349 e. The number of carbonyl (C=O) groups is 1. The molecular weight excluding hydrogens is 188 g/mol. The van der Waals surface area contributed by atoms with Crippen LogP contribution in [0.3, 0.4) is 0 Å². The van der Waals surface area contributed by atoms with Gasteiger partial charge in [-0.2, -0.15) is 0 Å². The minimum atomic E-state index is -0.00736. The van der Waals surface area contributed by atoms with Gasteiger partial charge in [-0.3, -0.25) is 4.79 Å². The number of amides is 1. The third-order valence-electron chi connectivity index (χ3n) is 2.47. The summed E-state index contributed by atoms with van der Waals surface area (Å²) in [6.45, 7) is 2.77. The molecule has 3 nitrogen and oxygen atoms in total. The number of rotatable bonds is 1. The number of carbonyl (C=O) groups excluding carboxylic acids is 1. The first-order valence-electron chi connectivity index (χ1n) is 4.80. The summed E-state index contributed by atoms with van der Waals surface area (Å²) in [5.41, 5.74) is 2.94. The number of hydrogen-bond acceptors (Lipinski definition) is 2. The second-order valence-electron chi connectivity index (χ2n) is 3.58. The molecule has 3 heteroatoms. The lowest BCUT2D eigenvalue weighted by atomic mass is 10.1. The van der Waals surface area contributed by atoms with E-state index in [-0.39, 0.29) is 5.91 Å². The molecule has 1 heterocycles. The lowest BCUT2D eigenvalue weighted by Crippen LogP contribution is -2.38. The van der Waals surface area contributed by atoms with Gasteiger partial charge in [-0.25, -0.2) is 0 Å². The van der Waals surface area contributed by atoms with Crippen LogP contribution in [0.5, 0.6) is 0 Å². The van der Waals surface area contributed by atoms with E-state index >= 15 is 0 Å². The topological polar surface area (TPSA) is 32.3 Å². The lowest BCUT2D eigenvalue weighted by molar-refractivity contribution is -0.115. The predicted octanol–water partition coefficient (Wildman–Crippen LogP) is 1.39. The fourth-order valence-corrected chi connectivity index (χ4v) is 1.77. The van der Waals surface area contributed by atoms with Crippen molar-refractivity contribution in [2.75, 3.05) is 23.3 Å². The molecular formula is C12H12N2O. The molecule has 1 aromatic carbocycles. The van der Waals surface area contributed by atoms with E-state index in [1.807, 2.05) is 30.0 Å². The Bertz CT molecular complexity index is 445. The van der Waals surface area contributed by atoms with Crippen molar-refractivity contribution in [1.29, 1.82) is 0 Å². The van der Waals surface area contributed by atoms with Crippen molar-refractivity contribution in [2.24, 2.45) is 0 Å². The number of nitrogens with one attached hydrogen (secondary N) is 1. The normalized spacial score (nSPS) is 14.1. The van der Waals surface area contributed by atoms with Gasteiger partial charge in [-0.1, -0.05) is 18.1 Å². The van der Waals surface area contributed by atoms with Crippen molar-refractivity contribution in [3.63, 3.8) is 0 Å². The molecule has 0 unspecified atom stereocenters. The van der Waals surface area contributed by atoms with Gasteiger partial charge in [0.1, 0.15) is 0 Å². The van der Waals surface area contributed by atoms with Gasteiger partial charge in [-0.15, -0.1) is 6.42 Å². The number of terminal acetylenes is 1. The number of nitrogens with zero attached hydrogens (tertiary/aromatic N) is 1. The first-order chi connectivity index (χ1) is 7.22. The van der Waals surface area contributed by atoms with E-state index in [1.54, 1.807) is 0 Å². The zero-order valence-corrected chi connectivity index (χ0v) is 8.58. The molecule has 1 aliphatic heterocycles. The Hall–Kier alpha value is -1.95. The highest BCUT2D eigenvalue weighted by Crippen LogP contribution is 2.31. The average Bonchev–Trinajstić information content (AvgIpc) is 2.20. The SMILES string of the molecule is C#CCN1CC(=O)Nc2c(C)cccc21. The van der Waals surface area contributed by atoms with Crippen LogP contribution in [-0.2, 0) is 4.79 Å². The van der Waals surface area contributed by atoms with Gasteiger partial charge in [0.05, 0.1) is 24.5 Å². The van der Waals surface area contributed by atoms with E-state index in [0.29, 0.717) is 13.1 Å². The minimum absolute atomic E-state index is 0.00736. The predicted molar refractivity (Wildman–Crippen MR) is 60.9 cm³/mol. The molecule has 1 aliphatic rings. The van der Waals surface area contributed by atoms with Gasteiger partial charge in [0.2, 0.25) is 5.91 Å². The van der Waals surface area contributed by atoms with Crippen molar-refractivity contribution in [3.05, 3.63) is 23.8 Å². The zero-order valence-electron chi connectivity index (χ0n) is 8.58. The molecule has 0 saturated heterocycles. The third-order valence-corrected chi connectivity index (χ3v) is 2.47. The summed E-state index contributed by atoms with van der Waals surface area (Å²) in [5.74, 6) is 2.56. The van der Waals surface area contributed by atoms with Crippen LogP contribution in [0.4, 0.5) is 11.4 Å². The molecule has 1 aromatic rings. The highest BCUT2D eigenvalue weighted by Gasteiger charge is 2.21. The van der Waals surface area contributed by atoms with Crippen LogP contribution in [-0.4, -0.2) is 19.0 Å². The molecule has 0 atom stereocenters. The number of benzene rings is 1. The van der Waals surface area contributed by atoms with E-state index in [9.17, 15) is 4.79 Å². The Morgan fingerprint density at radius 1 is 1.60 bits per heavy atom. The van der Waals surface area contributed by atoms with E-state index < -0.39 is 0 Å². The van der Waals surface area contributed by atoms with Crippen LogP contribution < -0.4 is 10.2 Å². The first kappa shape index (κ1) is 9.60. The summed E-state index contributed by atoms with van der Waals surface area (Å²) in [4.78, 5) is 13.3. The quantitative estimate of drug-likeness (QED) is 0.695. The van der Waals surface area contributed by atoms with Crippen LogP contribution in [0.1, 0.15) is 5.56 Å². The maximum Gasteiger partial charge on any atom is 0.243 e. The first-order valence-corrected chi connectivity index (χ1v) is 4.80. The standard InChI is InChI=1S/C12H12N2O/c1-3-7-14-8-11(15)13-12-9(2)5-4-6-10(12)14/h1,4-6H,7-8H2,2H3,(H,13,15). The van der Waals surface area contributed by atoms with Crippen LogP contribution in [0.2, 0.25) is 0 Å². The van der Waals surface area contributed by atoms with E-state index in [2.05, 4.69) is 11.2 Å². The van der Waals surface area contributed by atoms with E-state index in [1.165, 1.54) is 0 Å². The fraction of sp³-hybridized carbons (Fsp3) is 0.250. The molecule has 0 fully saturated rings. The molecule has 1 amide bonds. The van der Waals surface area contributed by atoms with Gasteiger partial charge < -0.3 is 10.2 Å². The number of anilines is 2. The molecule has 0 aromatic heterocycles. The summed E-state index contributed by atoms with van der Waals surface area (Å²) >= 11 is 0. The highest BCUT2D eigenvalue weighted by atomic mass is 16.2. The van der Waals surface area contributed by atoms with Crippen molar-refractivity contribution in [2.45, 2.75) is 6.92 Å². The average molecular weight is 200 g/mol. The maximum atomic E-state index is 11.4. The van der Waals surface area contributed by atoms with Crippen molar-refractivity contribution >= 4 is 17.3 Å². The monoisotopic (exact) mass is 200 g/mol. The van der Waals surface area contributed by atoms with Crippen LogP contribution in [0, 0.1) is 19.3 Å². The maximum absolute atomic E-state index is 11.4. The molecule has 0 bridgehead atoms. The van der Waals surface area contributed by atoms with Crippen LogP contribution in [0.25, 0.3) is 0 Å². The Kier molecular flexibility index (Phi) is 2.34. The fourth-order valence-electron chi connectivity index (χ4n) is 1.77. The van der Waals surface area contributed by atoms with E-state index in [0.717, 1.165) is 16.9 Å². The molecule has 0 aliphatic carbocycles. The van der Waals surface area contributed by atoms with Gasteiger partial charge >= 0.3 is 0 Å². The molecule has 0 saturated carbocycles. The summed E-state index contributed by atoms with van der Waals surface area (Å²) in [7, 11) is 0. The zero-order chi connectivity index (χ0) is 10.8. The highest BCUT2D eigenvalue weighted by molar-refractivity contribution is 6.02. The molecule has 76 valence electrons. The molecule has 0 radical (unpaired) electrons. The van der Waals surface area contributed by atoms with E-state index in [4.69, 9.17) is 6.42 Å². The third kappa shape index (κ3) is 1.66. The lowest BCUT2D eigenvalue weighted by Gasteiger charge is -2.30. The molecule has 15 heavy (non-hydrogen) atoms. The Morgan fingerprint density at radius 3 is 3.13 bits per heavy atom. The van der Waals surface area contributed by atoms with Crippen molar-refractivity contribution < 1.29 is 4.79 Å². The smallest absolute Gasteiger partial charge is 0.243 e. The Morgan fingerprint density at radius 2 is 2.40 bits per heavy atom. The van der Waals surface area contributed by atoms with Crippen molar-refractivity contribution in [3.8, 4) is 12.3 Å². The summed E-state index contributed by atoms with van der Waals surface area (Å²) < 4.78 is 0. The second-order valence-corrected chi connectivity index (χ2v) is 3.58. The number of fused-ring (bicyclic) bond motifs is 1. The Balaban J connectivity index is 2.47. The van der Waals surface area contributed by atoms with Crippen LogP contribution >= 0.6 is 0 Å².